The number of allylic oxidation sites excluding steroid dienone is 5. The third-order valence-corrected chi connectivity index (χ3v) is 27.8. The number of nitrogen functional groups attached to an aromatic ring is 2. The summed E-state index contributed by atoms with van der Waals surface area (Å²) >= 11 is 0. The molecule has 6 aromatic rings. The molecule has 4 aromatic heterocycles. The van der Waals surface area contributed by atoms with Crippen LogP contribution >= 0.6 is 0 Å². The first-order chi connectivity index (χ1) is 64.5. The molecule has 4 amide bonds. The monoisotopic (exact) mass is 1860 g/mol. The number of esters is 1. The van der Waals surface area contributed by atoms with Gasteiger partial charge in [0.2, 0.25) is 23.5 Å². The summed E-state index contributed by atoms with van der Waals surface area (Å²) in [7, 11) is 4.60. The van der Waals surface area contributed by atoms with E-state index in [9.17, 15) is 49.2 Å². The number of anilines is 3. The highest BCUT2D eigenvalue weighted by molar-refractivity contribution is 6.39. The van der Waals surface area contributed by atoms with Crippen molar-refractivity contribution in [3.63, 3.8) is 0 Å². The van der Waals surface area contributed by atoms with Crippen LogP contribution in [-0.2, 0) is 92.8 Å². The molecule has 6 aliphatic heterocycles. The van der Waals surface area contributed by atoms with E-state index >= 15 is 0 Å². The fraction of sp³-hybridized carbons (Fsp3) is 0.622. The number of hydrogen-bond donors (Lipinski definition) is 7. The Morgan fingerprint density at radius 2 is 1.46 bits per heavy atom. The summed E-state index contributed by atoms with van der Waals surface area (Å²) < 4.78 is 49.7. The molecule has 0 radical (unpaired) electrons. The quantitative estimate of drug-likeness (QED) is 0.00853. The molecule has 2 aromatic carbocycles. The number of piperazine rings is 2. The highest BCUT2D eigenvalue weighted by Gasteiger charge is 2.53. The molecular weight excluding hydrogens is 1720 g/mol. The molecule has 16 atom stereocenters. The lowest BCUT2D eigenvalue weighted by atomic mass is 9.78. The summed E-state index contributed by atoms with van der Waals surface area (Å²) in [6, 6.07) is 10.8. The smallest absolute Gasteiger partial charge is 0.329 e. The second kappa shape index (κ2) is 48.1. The van der Waals surface area contributed by atoms with Gasteiger partial charge in [-0.2, -0.15) is 10.1 Å². The Bertz CT molecular complexity index is 5110. The largest absolute Gasteiger partial charge is 0.460 e. The number of hydrogen-bond acceptors (Lipinski definition) is 31. The minimum absolute atomic E-state index is 0.0300. The van der Waals surface area contributed by atoms with Gasteiger partial charge in [-0.3, -0.25) is 33.8 Å². The zero-order chi connectivity index (χ0) is 95.3. The zero-order valence-electron chi connectivity index (χ0n) is 79.4. The summed E-state index contributed by atoms with van der Waals surface area (Å²) in [5, 5.41) is 60.5. The number of carbonyl (C=O) groups excluding carboxylic acids is 6. The van der Waals surface area contributed by atoms with Crippen molar-refractivity contribution in [3.05, 3.63) is 125 Å². The van der Waals surface area contributed by atoms with E-state index in [-0.39, 0.29) is 86.4 Å². The van der Waals surface area contributed by atoms with Gasteiger partial charge >= 0.3 is 5.97 Å². The number of aromatic nitrogens is 7. The topological polar surface area (TPSA) is 448 Å². The van der Waals surface area contributed by atoms with Gasteiger partial charge in [-0.05, 0) is 148 Å². The van der Waals surface area contributed by atoms with Crippen molar-refractivity contribution in [3.8, 4) is 11.3 Å². The van der Waals surface area contributed by atoms with Gasteiger partial charge in [-0.1, -0.05) is 94.4 Å². The average Bonchev–Trinajstić information content (AvgIpc) is 1.34. The highest BCUT2D eigenvalue weighted by atomic mass is 16.6. The van der Waals surface area contributed by atoms with Crippen molar-refractivity contribution in [2.75, 3.05) is 149 Å². The van der Waals surface area contributed by atoms with Crippen LogP contribution in [0.15, 0.2) is 112 Å². The summed E-state index contributed by atoms with van der Waals surface area (Å²) in [6.07, 6.45) is 16.2. The molecule has 5 fully saturated rings. The summed E-state index contributed by atoms with van der Waals surface area (Å²) in [5.74, 6) is -6.99. The van der Waals surface area contributed by atoms with Crippen LogP contribution in [0.25, 0.3) is 33.4 Å². The first-order valence-corrected chi connectivity index (χ1v) is 47.8. The van der Waals surface area contributed by atoms with Crippen molar-refractivity contribution in [2.45, 2.75) is 225 Å². The molecule has 9 N–H and O–H groups in total. The number of aliphatic hydroxyl groups excluding tert-OH is 3. The number of oxazole rings is 1. The van der Waals surface area contributed by atoms with Gasteiger partial charge in [0.15, 0.2) is 17.8 Å². The molecule has 4 saturated heterocycles. The van der Waals surface area contributed by atoms with Gasteiger partial charge in [0, 0.05) is 167 Å². The highest BCUT2D eigenvalue weighted by Crippen LogP contribution is 2.40. The Labute approximate surface area is 784 Å². The average molecular weight is 1860 g/mol. The summed E-state index contributed by atoms with van der Waals surface area (Å²) in [4.78, 5) is 124. The standard InChI is InChI=1S/C98H139N17O19/c1-61-16-12-11-13-17-62(2)80(126-8)52-74-24-19-67(7)98(125,134-74)91(122)94(123)114-30-15-14-18-76(114)95(124)132-81(64(4)48-68-21-25-77(116)82(50-68)127-9)53-78(117)63(3)47-66(6)89(121)90(128-10)87(65(5)46-61)108-131-59-83(118)101-54-70-55-102-97(103-56-70)112-38-36-111(37-39-112)84(119)28-42-129-44-40-109-32-34-110(35-33-109)41-45-130-43-29-85(120)113-31-27-71-49-69(20-22-73(71)58-113)57-115-93-86(92(99)104-60-105-93)88(107-115)72-23-26-79-75(51-72)106-96(100)133-79/h11-13,16-17,20,22-23,26,47,49,51,55-56,60-61,63-65,67-68,74,76-78,80-82,89-90,116-117,121,125H,14-15,18-19,21,24-25,27-46,48,50,52-54,57-59H2,1-10H3,(H2,100,106)(H,101,118)(H2,99,104,105)/b13-11+,16-12+,62-17+,66-47+,108-87+/t61-,63-,64-,65-,67-,68+,74+,76+,77-,78-,80+,81+,82-,89-,90+,98-/m1/s1. The predicted molar refractivity (Wildman–Crippen MR) is 503 cm³/mol. The molecule has 36 nitrogen and oxygen atoms in total. The molecule has 1 aliphatic carbocycles. The van der Waals surface area contributed by atoms with Gasteiger partial charge in [-0.25, -0.2) is 29.4 Å². The number of carbonyl (C=O) groups is 6. The fourth-order valence-corrected chi connectivity index (χ4v) is 19.6. The van der Waals surface area contributed by atoms with E-state index in [1.165, 1.54) is 23.9 Å². The minimum atomic E-state index is -2.47. The van der Waals surface area contributed by atoms with Gasteiger partial charge < -0.3 is 99.2 Å². The van der Waals surface area contributed by atoms with Crippen molar-refractivity contribution in [2.24, 2.45) is 40.7 Å². The van der Waals surface area contributed by atoms with Crippen LogP contribution in [0.1, 0.15) is 161 Å². The zero-order valence-corrected chi connectivity index (χ0v) is 79.4. The minimum Gasteiger partial charge on any atom is -0.460 e. The van der Waals surface area contributed by atoms with E-state index in [0.29, 0.717) is 193 Å². The number of aliphatic hydroxyl groups is 4. The normalized spacial score (nSPS) is 28.7. The first kappa shape index (κ1) is 101. The number of rotatable bonds is 27. The van der Waals surface area contributed by atoms with Crippen LogP contribution in [0, 0.1) is 35.5 Å². The molecule has 1 saturated carbocycles. The van der Waals surface area contributed by atoms with E-state index in [0.717, 1.165) is 68.0 Å². The van der Waals surface area contributed by atoms with Gasteiger partial charge in [0.05, 0.1) is 87.4 Å². The number of nitrogens with one attached hydrogen (secondary N) is 1. The molecule has 7 aliphatic rings. The summed E-state index contributed by atoms with van der Waals surface area (Å²) in [6.45, 7) is 23.4. The number of benzene rings is 2. The van der Waals surface area contributed by atoms with E-state index in [1.807, 2.05) is 89.6 Å². The van der Waals surface area contributed by atoms with Crippen molar-refractivity contribution >= 4 is 81.0 Å². The second-order valence-electron chi connectivity index (χ2n) is 37.5. The molecular formula is C98H139N17O19. The second-order valence-corrected chi connectivity index (χ2v) is 37.5. The molecule has 134 heavy (non-hydrogen) atoms. The van der Waals surface area contributed by atoms with E-state index in [2.05, 4.69) is 63.4 Å². The number of ether oxygens (including phenoxy) is 7. The van der Waals surface area contributed by atoms with E-state index in [4.69, 9.17) is 59.0 Å². The van der Waals surface area contributed by atoms with Crippen LogP contribution in [0.4, 0.5) is 17.8 Å². The number of methoxy groups -OCH3 is 3. The van der Waals surface area contributed by atoms with E-state index < -0.39 is 96.6 Å². The van der Waals surface area contributed by atoms with Crippen LogP contribution in [0.3, 0.4) is 0 Å². The maximum absolute atomic E-state index is 14.8. The molecule has 10 heterocycles. The SMILES string of the molecule is CO[C@H]1C[C@@H]2CC[C@@H](C)[C@@](O)(O2)C(=O)C(=O)N2CCCC[C@H]2C(=O)O[C@H]([C@H](C)C[C@@H]2CC[C@@H](O)[C@H](OC)C2)C[C@@H](O)[C@H](C)/C=C(\C)[C@@H](O)[C@@H](OC)/C(=N/OCC(=O)NCc2cnc(N3CCN(C(=O)CCOCCN4CCN(CCOCCC(=O)N5CCc6cc(Cn7nc(-c8ccc9oc(N)nc9c8)c8c(N)ncnc87)ccc6C5)CC4)CC3)nc2)[C@H](C)C[C@H](C)/C=C/C=C/C=C/1C. The number of oxime groups is 1. The molecule has 13 rings (SSSR count). The number of fused-ring (bicyclic) bond motifs is 6. The lowest BCUT2D eigenvalue weighted by Crippen LogP contribution is -2.61. The number of piperidine rings is 1. The van der Waals surface area contributed by atoms with Crippen LogP contribution in [-0.4, -0.2) is 314 Å². The maximum Gasteiger partial charge on any atom is 0.329 e. The van der Waals surface area contributed by atoms with Gasteiger partial charge in [0.25, 0.3) is 23.6 Å². The Morgan fingerprint density at radius 1 is 0.724 bits per heavy atom. The lowest BCUT2D eigenvalue weighted by molar-refractivity contribution is -0.265. The Balaban J connectivity index is 0.532. The maximum atomic E-state index is 14.8. The Morgan fingerprint density at radius 3 is 2.17 bits per heavy atom. The van der Waals surface area contributed by atoms with Crippen LogP contribution in [0.5, 0.6) is 0 Å². The summed E-state index contributed by atoms with van der Waals surface area (Å²) in [5.41, 5.74) is 21.1. The van der Waals surface area contributed by atoms with Crippen LogP contribution < -0.4 is 21.7 Å². The fourth-order valence-electron chi connectivity index (χ4n) is 19.6. The Hall–Kier alpha value is -10.1. The number of amides is 4. The predicted octanol–water partition coefficient (Wildman–Crippen LogP) is 7.71. The molecule has 730 valence electrons. The molecule has 36 heteroatoms. The van der Waals surface area contributed by atoms with Crippen molar-refractivity contribution in [1.29, 1.82) is 0 Å². The van der Waals surface area contributed by atoms with Gasteiger partial charge in [0.1, 0.15) is 47.7 Å². The number of ketones is 1. The molecule has 0 spiro atoms. The number of nitrogens with two attached hydrogens (primary N) is 2. The molecule has 0 unspecified atom stereocenters. The number of Topliss-reactive ketones (excluding diaryl/α,β-unsaturated/α-hetero) is 1. The molecule has 2 bridgehead atoms. The Kier molecular flexibility index (Phi) is 36.4. The third kappa shape index (κ3) is 26.4. The van der Waals surface area contributed by atoms with Crippen LogP contribution in [0.2, 0.25) is 0 Å². The third-order valence-electron chi connectivity index (χ3n) is 27.8. The number of nitrogens with zero attached hydrogens (tertiary/aromatic N) is 14. The van der Waals surface area contributed by atoms with E-state index in [1.54, 1.807) is 59.5 Å². The van der Waals surface area contributed by atoms with Gasteiger partial charge in [-0.15, -0.1) is 0 Å². The first-order valence-electron chi connectivity index (χ1n) is 47.8. The van der Waals surface area contributed by atoms with Crippen molar-refractivity contribution in [1.82, 2.24) is 64.5 Å². The lowest BCUT2D eigenvalue weighted by Gasteiger charge is -2.43. The number of cyclic esters (lactones) is 1. The van der Waals surface area contributed by atoms with Crippen molar-refractivity contribution < 1.29 is 91.6 Å².